The van der Waals surface area contributed by atoms with Crippen molar-refractivity contribution in [2.75, 3.05) is 36.9 Å². The van der Waals surface area contributed by atoms with E-state index in [1.165, 1.54) is 18.0 Å². The highest BCUT2D eigenvalue weighted by molar-refractivity contribution is 5.79. The van der Waals surface area contributed by atoms with Crippen molar-refractivity contribution in [3.63, 3.8) is 0 Å². The summed E-state index contributed by atoms with van der Waals surface area (Å²) in [5.74, 6) is 1.16. The van der Waals surface area contributed by atoms with Crippen LogP contribution in [0.25, 0.3) is 11.1 Å². The molecule has 0 amide bonds. The van der Waals surface area contributed by atoms with Crippen molar-refractivity contribution in [2.24, 2.45) is 0 Å². The van der Waals surface area contributed by atoms with Crippen molar-refractivity contribution in [1.29, 1.82) is 5.26 Å². The number of pyridine rings is 1. The number of aromatic nitrogens is 3. The molecule has 3 heterocycles. The number of nitrogens with zero attached hydrogens (tertiary/aromatic N) is 4. The monoisotopic (exact) mass is 415 g/mol. The van der Waals surface area contributed by atoms with Crippen LogP contribution in [0.2, 0.25) is 0 Å². The molecule has 8 heteroatoms. The molecule has 1 aromatic carbocycles. The summed E-state index contributed by atoms with van der Waals surface area (Å²) < 4.78 is 5.82. The fraction of sp³-hybridized carbons (Fsp3) is 0.304. The Kier molecular flexibility index (Phi) is 6.67. The highest BCUT2D eigenvalue weighted by Gasteiger charge is 2.15. The summed E-state index contributed by atoms with van der Waals surface area (Å²) in [5, 5.41) is 18.9. The van der Waals surface area contributed by atoms with E-state index in [9.17, 15) is 0 Å². The van der Waals surface area contributed by atoms with Gasteiger partial charge in [0.05, 0.1) is 25.1 Å². The van der Waals surface area contributed by atoms with Crippen LogP contribution in [0.1, 0.15) is 18.2 Å². The first kappa shape index (κ1) is 20.7. The Morgan fingerprint density at radius 3 is 2.65 bits per heavy atom. The molecule has 31 heavy (non-hydrogen) atoms. The second kappa shape index (κ2) is 9.98. The number of morpholine rings is 1. The van der Waals surface area contributed by atoms with Gasteiger partial charge in [0.2, 0.25) is 0 Å². The van der Waals surface area contributed by atoms with E-state index in [4.69, 9.17) is 10.00 Å². The molecule has 0 radical (unpaired) electrons. The van der Waals surface area contributed by atoms with Crippen molar-refractivity contribution in [1.82, 2.24) is 20.3 Å². The van der Waals surface area contributed by atoms with Crippen molar-refractivity contribution >= 4 is 17.3 Å². The van der Waals surface area contributed by atoms with Gasteiger partial charge in [-0.05, 0) is 17.5 Å². The Hall–Kier alpha value is -3.54. The van der Waals surface area contributed by atoms with Gasteiger partial charge in [0.25, 0.3) is 0 Å². The molecule has 2 aromatic heterocycles. The van der Waals surface area contributed by atoms with Gasteiger partial charge < -0.3 is 20.7 Å². The van der Waals surface area contributed by atoms with E-state index in [1.54, 1.807) is 0 Å². The largest absolute Gasteiger partial charge is 0.382 e. The number of nitrogens with one attached hydrogen (secondary N) is 3. The Morgan fingerprint density at radius 1 is 1.13 bits per heavy atom. The summed E-state index contributed by atoms with van der Waals surface area (Å²) in [7, 11) is 0. The van der Waals surface area contributed by atoms with Crippen molar-refractivity contribution in [2.45, 2.75) is 19.4 Å². The van der Waals surface area contributed by atoms with Gasteiger partial charge in [-0.3, -0.25) is 0 Å². The quantitative estimate of drug-likeness (QED) is 0.540. The van der Waals surface area contributed by atoms with Crippen LogP contribution in [-0.2, 0) is 11.2 Å². The maximum atomic E-state index is 8.88. The van der Waals surface area contributed by atoms with E-state index in [-0.39, 0.29) is 11.8 Å². The Labute approximate surface area is 181 Å². The molecule has 1 aliphatic rings. The van der Waals surface area contributed by atoms with Crippen LogP contribution in [-0.4, -0.2) is 47.3 Å². The van der Waals surface area contributed by atoms with Gasteiger partial charge in [0.1, 0.15) is 17.7 Å². The minimum Gasteiger partial charge on any atom is -0.382 e. The van der Waals surface area contributed by atoms with Gasteiger partial charge in [-0.15, -0.1) is 0 Å². The second-order valence-electron chi connectivity index (χ2n) is 7.27. The molecule has 3 aromatic rings. The normalized spacial score (nSPS) is 15.8. The predicted molar refractivity (Wildman–Crippen MR) is 120 cm³/mol. The zero-order valence-electron chi connectivity index (χ0n) is 17.4. The Morgan fingerprint density at radius 2 is 1.97 bits per heavy atom. The smallest absolute Gasteiger partial charge is 0.158 e. The molecular formula is C23H25N7O. The minimum absolute atomic E-state index is 0.109. The first-order valence-electron chi connectivity index (χ1n) is 10.4. The SMILES string of the molecule is CCc1ccc(-c2cnc(Nc3cnc(C#N)cn3)cc2NCC2CNCCO2)cc1. The molecule has 158 valence electrons. The fourth-order valence-electron chi connectivity index (χ4n) is 3.38. The number of anilines is 3. The molecule has 1 fully saturated rings. The molecule has 8 nitrogen and oxygen atoms in total. The van der Waals surface area contributed by atoms with E-state index in [0.717, 1.165) is 42.9 Å². The summed E-state index contributed by atoms with van der Waals surface area (Å²) in [5.41, 5.74) is 4.64. The van der Waals surface area contributed by atoms with Gasteiger partial charge in [-0.25, -0.2) is 15.0 Å². The number of ether oxygens (including phenoxy) is 1. The maximum Gasteiger partial charge on any atom is 0.158 e. The molecule has 3 N–H and O–H groups in total. The van der Waals surface area contributed by atoms with Gasteiger partial charge >= 0.3 is 0 Å². The number of hydrogen-bond acceptors (Lipinski definition) is 8. The second-order valence-corrected chi connectivity index (χ2v) is 7.27. The Balaban J connectivity index is 1.58. The topological polar surface area (TPSA) is 108 Å². The van der Waals surface area contributed by atoms with Gasteiger partial charge in [-0.2, -0.15) is 5.26 Å². The lowest BCUT2D eigenvalue weighted by Gasteiger charge is -2.25. The average molecular weight is 416 g/mol. The number of nitriles is 1. The predicted octanol–water partition coefficient (Wildman–Crippen LogP) is 3.12. The molecule has 1 atom stereocenters. The third kappa shape index (κ3) is 5.34. The molecule has 1 saturated heterocycles. The summed E-state index contributed by atoms with van der Waals surface area (Å²) in [4.78, 5) is 12.8. The van der Waals surface area contributed by atoms with Crippen molar-refractivity contribution in [3.05, 3.63) is 60.2 Å². The number of rotatable bonds is 7. The highest BCUT2D eigenvalue weighted by atomic mass is 16.5. The first-order chi connectivity index (χ1) is 15.2. The lowest BCUT2D eigenvalue weighted by atomic mass is 10.0. The average Bonchev–Trinajstić information content (AvgIpc) is 2.84. The summed E-state index contributed by atoms with van der Waals surface area (Å²) in [6, 6.07) is 12.5. The van der Waals surface area contributed by atoms with Gasteiger partial charge in [0.15, 0.2) is 5.69 Å². The maximum absolute atomic E-state index is 8.88. The highest BCUT2D eigenvalue weighted by Crippen LogP contribution is 2.30. The van der Waals surface area contributed by atoms with E-state index < -0.39 is 0 Å². The van der Waals surface area contributed by atoms with Crippen LogP contribution in [0.5, 0.6) is 0 Å². The van der Waals surface area contributed by atoms with E-state index in [1.807, 2.05) is 18.3 Å². The fourth-order valence-corrected chi connectivity index (χ4v) is 3.38. The van der Waals surface area contributed by atoms with E-state index in [0.29, 0.717) is 18.2 Å². The Bertz CT molecular complexity index is 1040. The summed E-state index contributed by atoms with van der Waals surface area (Å²) in [6.45, 7) is 5.27. The molecule has 0 saturated carbocycles. The molecule has 0 bridgehead atoms. The third-order valence-corrected chi connectivity index (χ3v) is 5.12. The number of hydrogen-bond donors (Lipinski definition) is 3. The molecule has 4 rings (SSSR count). The molecule has 0 aliphatic carbocycles. The zero-order valence-corrected chi connectivity index (χ0v) is 17.4. The van der Waals surface area contributed by atoms with Crippen LogP contribution in [0.4, 0.5) is 17.3 Å². The standard InChI is InChI=1S/C23H25N7O/c1-2-16-3-5-17(6-4-16)20-14-29-22(30-23-15-26-18(10-24)11-28-23)9-21(20)27-13-19-12-25-7-8-31-19/h3-6,9,11,14-15,19,25H,2,7-8,12-13H2,1H3,(H2,27,28,29,30). The van der Waals surface area contributed by atoms with E-state index in [2.05, 4.69) is 62.1 Å². The van der Waals surface area contributed by atoms with Crippen LogP contribution in [0, 0.1) is 11.3 Å². The summed E-state index contributed by atoms with van der Waals surface area (Å²) >= 11 is 0. The molecule has 1 aliphatic heterocycles. The van der Waals surface area contributed by atoms with Crippen molar-refractivity contribution in [3.8, 4) is 17.2 Å². The van der Waals surface area contributed by atoms with Crippen molar-refractivity contribution < 1.29 is 4.74 Å². The lowest BCUT2D eigenvalue weighted by Crippen LogP contribution is -2.42. The minimum atomic E-state index is 0.109. The number of aryl methyl sites for hydroxylation is 1. The lowest BCUT2D eigenvalue weighted by molar-refractivity contribution is 0.0372. The van der Waals surface area contributed by atoms with Crippen LogP contribution in [0.3, 0.4) is 0 Å². The van der Waals surface area contributed by atoms with Gasteiger partial charge in [0, 0.05) is 43.1 Å². The van der Waals surface area contributed by atoms with Gasteiger partial charge in [-0.1, -0.05) is 31.2 Å². The first-order valence-corrected chi connectivity index (χ1v) is 10.4. The molecule has 1 unspecified atom stereocenters. The van der Waals surface area contributed by atoms with Crippen LogP contribution in [0.15, 0.2) is 48.9 Å². The number of benzene rings is 1. The van der Waals surface area contributed by atoms with E-state index >= 15 is 0 Å². The third-order valence-electron chi connectivity index (χ3n) is 5.12. The zero-order chi connectivity index (χ0) is 21.5. The summed E-state index contributed by atoms with van der Waals surface area (Å²) in [6.07, 6.45) is 5.91. The van der Waals surface area contributed by atoms with Crippen LogP contribution >= 0.6 is 0 Å². The van der Waals surface area contributed by atoms with Crippen LogP contribution < -0.4 is 16.0 Å². The molecule has 0 spiro atoms. The molecular weight excluding hydrogens is 390 g/mol.